The van der Waals surface area contributed by atoms with Gasteiger partial charge in [-0.2, -0.15) is 0 Å². The summed E-state index contributed by atoms with van der Waals surface area (Å²) in [5.74, 6) is -1.14. The minimum absolute atomic E-state index is 0.0680. The summed E-state index contributed by atoms with van der Waals surface area (Å²) >= 11 is 0. The molecule has 0 aliphatic carbocycles. The summed E-state index contributed by atoms with van der Waals surface area (Å²) in [5.41, 5.74) is 5.56. The van der Waals surface area contributed by atoms with Gasteiger partial charge in [-0.05, 0) is 6.92 Å². The first-order chi connectivity index (χ1) is 6.50. The average Bonchev–Trinajstić information content (AvgIpc) is 2.09. The summed E-state index contributed by atoms with van der Waals surface area (Å²) in [7, 11) is 0. The number of rotatable bonds is 3. The van der Waals surface area contributed by atoms with Crippen molar-refractivity contribution in [3.05, 3.63) is 28.4 Å². The van der Waals surface area contributed by atoms with Gasteiger partial charge in [0, 0.05) is 11.8 Å². The molecule has 6 nitrogen and oxygen atoms in total. The summed E-state index contributed by atoms with van der Waals surface area (Å²) < 4.78 is 1.17. The zero-order valence-electron chi connectivity index (χ0n) is 7.67. The molecule has 0 bridgehead atoms. The van der Waals surface area contributed by atoms with Crippen LogP contribution in [0, 0.1) is 6.92 Å². The highest BCUT2D eigenvalue weighted by atomic mass is 16.4. The lowest BCUT2D eigenvalue weighted by Gasteiger charge is -2.08. The van der Waals surface area contributed by atoms with Gasteiger partial charge in [-0.3, -0.25) is 14.2 Å². The molecule has 0 aliphatic heterocycles. The number of nitrogens with two attached hydrogens (primary N) is 1. The highest BCUT2D eigenvalue weighted by Gasteiger charge is 2.12. The normalized spacial score (nSPS) is 12.4. The number of hydrogen-bond donors (Lipinski definition) is 2. The number of aryl methyl sites for hydroxylation is 1. The summed E-state index contributed by atoms with van der Waals surface area (Å²) in [6.45, 7) is 1.62. The first-order valence-corrected chi connectivity index (χ1v) is 4.02. The Labute approximate surface area is 80.0 Å². The quantitative estimate of drug-likeness (QED) is 0.645. The molecule has 0 saturated heterocycles. The monoisotopic (exact) mass is 197 g/mol. The number of carboxylic acids is 1. The van der Waals surface area contributed by atoms with E-state index >= 15 is 0 Å². The maximum atomic E-state index is 11.3. The Morgan fingerprint density at radius 2 is 2.43 bits per heavy atom. The van der Waals surface area contributed by atoms with Crippen LogP contribution in [0.1, 0.15) is 5.69 Å². The van der Waals surface area contributed by atoms with Crippen molar-refractivity contribution in [2.24, 2.45) is 5.73 Å². The van der Waals surface area contributed by atoms with E-state index in [1.165, 1.54) is 17.0 Å². The zero-order chi connectivity index (χ0) is 10.7. The van der Waals surface area contributed by atoms with Gasteiger partial charge < -0.3 is 10.8 Å². The molecule has 1 rings (SSSR count). The molecule has 1 aromatic heterocycles. The van der Waals surface area contributed by atoms with Crippen molar-refractivity contribution >= 4 is 5.97 Å². The number of aliphatic carboxylic acids is 1. The molecule has 0 saturated carbocycles. The van der Waals surface area contributed by atoms with Gasteiger partial charge in [0.25, 0.3) is 5.56 Å². The molecule has 6 heteroatoms. The Kier molecular flexibility index (Phi) is 2.98. The smallest absolute Gasteiger partial charge is 0.322 e. The number of carbonyl (C=O) groups is 1. The van der Waals surface area contributed by atoms with Crippen molar-refractivity contribution in [3.8, 4) is 0 Å². The Morgan fingerprint density at radius 1 is 1.79 bits per heavy atom. The summed E-state index contributed by atoms with van der Waals surface area (Å²) in [5, 5.41) is 8.53. The molecule has 1 heterocycles. The maximum absolute atomic E-state index is 11.3. The molecule has 1 unspecified atom stereocenters. The number of hydrogen-bond acceptors (Lipinski definition) is 4. The fourth-order valence-electron chi connectivity index (χ4n) is 0.944. The minimum Gasteiger partial charge on any atom is -0.480 e. The summed E-state index contributed by atoms with van der Waals surface area (Å²) in [6.07, 6.45) is 1.29. The largest absolute Gasteiger partial charge is 0.480 e. The molecule has 0 amide bonds. The lowest BCUT2D eigenvalue weighted by molar-refractivity contribution is -0.138. The first kappa shape index (κ1) is 10.4. The van der Waals surface area contributed by atoms with Crippen LogP contribution in [0.4, 0.5) is 0 Å². The molecule has 3 N–H and O–H groups in total. The lowest BCUT2D eigenvalue weighted by atomic mass is 10.3. The van der Waals surface area contributed by atoms with Crippen LogP contribution >= 0.6 is 0 Å². The third-order valence-corrected chi connectivity index (χ3v) is 1.73. The second-order valence-electron chi connectivity index (χ2n) is 2.97. The Bertz CT molecular complexity index is 399. The van der Waals surface area contributed by atoms with Crippen molar-refractivity contribution in [2.75, 3.05) is 0 Å². The third-order valence-electron chi connectivity index (χ3n) is 1.73. The SMILES string of the molecule is Cc1cc(=O)n(CC(N)C(=O)O)cn1. The van der Waals surface area contributed by atoms with Crippen molar-refractivity contribution < 1.29 is 9.90 Å². The molecule has 0 aliphatic rings. The fraction of sp³-hybridized carbons (Fsp3) is 0.375. The van der Waals surface area contributed by atoms with Crippen LogP contribution in [0.25, 0.3) is 0 Å². The van der Waals surface area contributed by atoms with Crippen LogP contribution in [0.2, 0.25) is 0 Å². The number of aromatic nitrogens is 2. The first-order valence-electron chi connectivity index (χ1n) is 4.02. The van der Waals surface area contributed by atoms with Gasteiger partial charge >= 0.3 is 5.97 Å². The zero-order valence-corrected chi connectivity index (χ0v) is 7.67. The van der Waals surface area contributed by atoms with Crippen LogP contribution in [0.5, 0.6) is 0 Å². The second-order valence-corrected chi connectivity index (χ2v) is 2.97. The van der Waals surface area contributed by atoms with E-state index in [0.717, 1.165) is 0 Å². The van der Waals surface area contributed by atoms with Crippen molar-refractivity contribution in [2.45, 2.75) is 19.5 Å². The Hall–Kier alpha value is -1.69. The van der Waals surface area contributed by atoms with Gasteiger partial charge in [0.15, 0.2) is 0 Å². The van der Waals surface area contributed by atoms with E-state index in [1.54, 1.807) is 6.92 Å². The molecule has 0 aromatic carbocycles. The number of nitrogens with zero attached hydrogens (tertiary/aromatic N) is 2. The predicted octanol–water partition coefficient (Wildman–Crippen LogP) is -1.04. The van der Waals surface area contributed by atoms with Crippen LogP contribution in [-0.2, 0) is 11.3 Å². The van der Waals surface area contributed by atoms with Crippen molar-refractivity contribution in [1.82, 2.24) is 9.55 Å². The number of carboxylic acid groups (broad SMARTS) is 1. The molecule has 1 atom stereocenters. The highest BCUT2D eigenvalue weighted by Crippen LogP contribution is 1.88. The van der Waals surface area contributed by atoms with Crippen LogP contribution in [-0.4, -0.2) is 26.7 Å². The minimum atomic E-state index is -1.14. The van der Waals surface area contributed by atoms with E-state index in [0.29, 0.717) is 5.69 Å². The topological polar surface area (TPSA) is 98.2 Å². The van der Waals surface area contributed by atoms with E-state index in [9.17, 15) is 9.59 Å². The summed E-state index contributed by atoms with van der Waals surface area (Å²) in [6, 6.07) is 0.242. The van der Waals surface area contributed by atoms with E-state index < -0.39 is 12.0 Å². The molecule has 14 heavy (non-hydrogen) atoms. The van der Waals surface area contributed by atoms with Crippen molar-refractivity contribution in [3.63, 3.8) is 0 Å². The van der Waals surface area contributed by atoms with Gasteiger partial charge in [-0.1, -0.05) is 0 Å². The van der Waals surface area contributed by atoms with E-state index in [-0.39, 0.29) is 12.1 Å². The molecule has 0 radical (unpaired) electrons. The molecular formula is C8H11N3O3. The molecular weight excluding hydrogens is 186 g/mol. The average molecular weight is 197 g/mol. The molecule has 76 valence electrons. The summed E-state index contributed by atoms with van der Waals surface area (Å²) in [4.78, 5) is 25.6. The van der Waals surface area contributed by atoms with Crippen LogP contribution < -0.4 is 11.3 Å². The van der Waals surface area contributed by atoms with E-state index in [2.05, 4.69) is 4.98 Å². The molecule has 0 fully saturated rings. The Morgan fingerprint density at radius 3 is 2.93 bits per heavy atom. The van der Waals surface area contributed by atoms with Gasteiger partial charge in [-0.15, -0.1) is 0 Å². The third kappa shape index (κ3) is 2.40. The van der Waals surface area contributed by atoms with Crippen molar-refractivity contribution in [1.29, 1.82) is 0 Å². The second kappa shape index (κ2) is 4.01. The van der Waals surface area contributed by atoms with Gasteiger partial charge in [0.2, 0.25) is 0 Å². The van der Waals surface area contributed by atoms with E-state index in [4.69, 9.17) is 10.8 Å². The predicted molar refractivity (Wildman–Crippen MR) is 48.8 cm³/mol. The van der Waals surface area contributed by atoms with Gasteiger partial charge in [-0.25, -0.2) is 4.98 Å². The Balaban J connectivity index is 2.88. The molecule has 0 spiro atoms. The molecule has 1 aromatic rings. The van der Waals surface area contributed by atoms with E-state index in [1.807, 2.05) is 0 Å². The standard InChI is InChI=1S/C8H11N3O3/c1-5-2-7(12)11(4-10-5)3-6(9)8(13)14/h2,4,6H,3,9H2,1H3,(H,13,14). The van der Waals surface area contributed by atoms with Gasteiger partial charge in [0.05, 0.1) is 12.9 Å². The lowest BCUT2D eigenvalue weighted by Crippen LogP contribution is -2.38. The fourth-order valence-corrected chi connectivity index (χ4v) is 0.944. The van der Waals surface area contributed by atoms with Crippen LogP contribution in [0.15, 0.2) is 17.2 Å². The van der Waals surface area contributed by atoms with Gasteiger partial charge in [0.1, 0.15) is 6.04 Å². The van der Waals surface area contributed by atoms with Crippen LogP contribution in [0.3, 0.4) is 0 Å². The maximum Gasteiger partial charge on any atom is 0.322 e. The highest BCUT2D eigenvalue weighted by molar-refractivity contribution is 5.72.